The fourth-order valence-electron chi connectivity index (χ4n) is 6.35. The third kappa shape index (κ3) is 5.70. The zero-order chi connectivity index (χ0) is 31.1. The molecule has 3 fully saturated rings. The molecule has 2 bridgehead atoms. The summed E-state index contributed by atoms with van der Waals surface area (Å²) in [6.45, 7) is 4.02. The molecule has 3 saturated carbocycles. The van der Waals surface area contributed by atoms with E-state index < -0.39 is 12.3 Å². The van der Waals surface area contributed by atoms with Crippen molar-refractivity contribution in [2.75, 3.05) is 7.11 Å². The Hall–Kier alpha value is -4.19. The highest BCUT2D eigenvalue weighted by Gasteiger charge is 2.53. The fourth-order valence-corrected chi connectivity index (χ4v) is 6.35. The fraction of sp³-hybridized carbons (Fsp3) is 0.438. The molecule has 2 heterocycles. The Morgan fingerprint density at radius 2 is 1.64 bits per heavy atom. The van der Waals surface area contributed by atoms with Gasteiger partial charge >= 0.3 is 12.3 Å². The Labute approximate surface area is 251 Å². The number of alkyl halides is 3. The van der Waals surface area contributed by atoms with Gasteiger partial charge in [-0.1, -0.05) is 48.4 Å². The lowest BCUT2D eigenvalue weighted by Gasteiger charge is -2.51. The summed E-state index contributed by atoms with van der Waals surface area (Å²) >= 11 is 0. The number of nitrogens with zero attached hydrogens (tertiary/aromatic N) is 3. The van der Waals surface area contributed by atoms with Crippen molar-refractivity contribution in [2.45, 2.75) is 82.3 Å². The van der Waals surface area contributed by atoms with Crippen LogP contribution in [0.1, 0.15) is 85.9 Å². The van der Waals surface area contributed by atoms with E-state index in [-0.39, 0.29) is 40.5 Å². The number of benzene rings is 2. The van der Waals surface area contributed by atoms with Crippen LogP contribution in [0.5, 0.6) is 5.75 Å². The van der Waals surface area contributed by atoms with E-state index in [2.05, 4.69) is 15.1 Å². The molecule has 0 N–H and O–H groups in total. The molecule has 44 heavy (non-hydrogen) atoms. The first kappa shape index (κ1) is 29.9. The summed E-state index contributed by atoms with van der Waals surface area (Å²) in [5.74, 6) is 0.804. The van der Waals surface area contributed by atoms with Gasteiger partial charge in [0.1, 0.15) is 17.2 Å². The van der Waals surface area contributed by atoms with E-state index in [1.807, 2.05) is 13.8 Å². The number of esters is 1. The van der Waals surface area contributed by atoms with Gasteiger partial charge in [-0.25, -0.2) is 4.79 Å². The van der Waals surface area contributed by atoms with Crippen molar-refractivity contribution in [3.8, 4) is 28.4 Å². The molecule has 0 amide bonds. The van der Waals surface area contributed by atoms with E-state index in [0.29, 0.717) is 28.6 Å². The van der Waals surface area contributed by atoms with E-state index in [0.717, 1.165) is 44.1 Å². The second-order valence-electron chi connectivity index (χ2n) is 11.8. The maximum Gasteiger partial charge on any atom is 0.573 e. The molecule has 9 nitrogen and oxygen atoms in total. The lowest BCUT2D eigenvalue weighted by molar-refractivity contribution is -0.274. The van der Waals surface area contributed by atoms with Crippen molar-refractivity contribution >= 4 is 5.97 Å². The molecule has 2 aromatic heterocycles. The maximum absolute atomic E-state index is 13.1. The number of para-hydroxylation sites is 1. The van der Waals surface area contributed by atoms with Crippen molar-refractivity contribution in [1.29, 1.82) is 0 Å². The number of methoxy groups -OCH3 is 1. The SMILES string of the molecule is COC(=O)c1ccc(-c2noc(C34CCC(OCc5c(-c6ccccc6OC(F)(F)F)noc5C(C)C)(CC3)CC4)n2)cc1. The van der Waals surface area contributed by atoms with Crippen LogP contribution in [0.2, 0.25) is 0 Å². The highest BCUT2D eigenvalue weighted by Crippen LogP contribution is 2.55. The van der Waals surface area contributed by atoms with E-state index >= 15 is 0 Å². The highest BCUT2D eigenvalue weighted by atomic mass is 19.4. The predicted octanol–water partition coefficient (Wildman–Crippen LogP) is 7.76. The Kier molecular flexibility index (Phi) is 7.73. The van der Waals surface area contributed by atoms with Gasteiger partial charge in [-0.2, -0.15) is 4.98 Å². The van der Waals surface area contributed by atoms with E-state index in [1.165, 1.54) is 25.3 Å². The highest BCUT2D eigenvalue weighted by molar-refractivity contribution is 5.89. The molecule has 0 aliphatic heterocycles. The first-order valence-corrected chi connectivity index (χ1v) is 14.5. The number of halogens is 3. The minimum Gasteiger partial charge on any atom is -0.465 e. The molecule has 0 radical (unpaired) electrons. The number of fused-ring (bicyclic) bond motifs is 3. The molecule has 3 aliphatic rings. The first-order chi connectivity index (χ1) is 21.0. The van der Waals surface area contributed by atoms with Gasteiger partial charge in [0.25, 0.3) is 0 Å². The number of carbonyl (C=O) groups is 1. The summed E-state index contributed by atoms with van der Waals surface area (Å²) in [7, 11) is 1.33. The first-order valence-electron chi connectivity index (χ1n) is 14.5. The van der Waals surface area contributed by atoms with Gasteiger partial charge in [-0.05, 0) is 62.8 Å². The number of hydrogen-bond donors (Lipinski definition) is 0. The van der Waals surface area contributed by atoms with E-state index in [4.69, 9.17) is 23.5 Å². The number of rotatable bonds is 9. The molecular formula is C32H32F3N3O6. The van der Waals surface area contributed by atoms with Crippen molar-refractivity contribution in [3.63, 3.8) is 0 Å². The Morgan fingerprint density at radius 3 is 2.27 bits per heavy atom. The van der Waals surface area contributed by atoms with Crippen LogP contribution in [0.25, 0.3) is 22.6 Å². The van der Waals surface area contributed by atoms with Gasteiger partial charge in [-0.15, -0.1) is 13.2 Å². The van der Waals surface area contributed by atoms with Gasteiger partial charge in [0.15, 0.2) is 0 Å². The molecule has 0 spiro atoms. The molecule has 0 atom stereocenters. The van der Waals surface area contributed by atoms with Crippen molar-refractivity contribution in [2.24, 2.45) is 0 Å². The van der Waals surface area contributed by atoms with Gasteiger partial charge in [-0.3, -0.25) is 0 Å². The number of hydrogen-bond acceptors (Lipinski definition) is 9. The maximum atomic E-state index is 13.1. The third-order valence-corrected chi connectivity index (χ3v) is 8.85. The van der Waals surface area contributed by atoms with Crippen molar-refractivity contribution in [3.05, 3.63) is 71.3 Å². The molecule has 4 aromatic rings. The second-order valence-corrected chi connectivity index (χ2v) is 11.8. The molecule has 2 aromatic carbocycles. The largest absolute Gasteiger partial charge is 0.573 e. The van der Waals surface area contributed by atoms with Gasteiger partial charge < -0.3 is 23.3 Å². The topological polar surface area (TPSA) is 110 Å². The molecule has 0 saturated heterocycles. The minimum atomic E-state index is -4.85. The zero-order valence-electron chi connectivity index (χ0n) is 24.6. The van der Waals surface area contributed by atoms with Crippen molar-refractivity contribution in [1.82, 2.24) is 15.3 Å². The number of carbonyl (C=O) groups excluding carboxylic acids is 1. The average Bonchev–Trinajstić information content (AvgIpc) is 3.69. The van der Waals surface area contributed by atoms with Gasteiger partial charge in [0.2, 0.25) is 11.7 Å². The Bertz CT molecular complexity index is 1620. The normalized spacial score (nSPS) is 21.5. The molecule has 12 heteroatoms. The van der Waals surface area contributed by atoms with Crippen LogP contribution in [-0.4, -0.2) is 40.3 Å². The van der Waals surface area contributed by atoms with Crippen LogP contribution >= 0.6 is 0 Å². The van der Waals surface area contributed by atoms with Crippen LogP contribution in [0.4, 0.5) is 13.2 Å². The van der Waals surface area contributed by atoms with E-state index in [1.54, 1.807) is 30.3 Å². The lowest BCUT2D eigenvalue weighted by atomic mass is 9.58. The summed E-state index contributed by atoms with van der Waals surface area (Å²) in [6, 6.07) is 12.8. The molecule has 3 aliphatic carbocycles. The van der Waals surface area contributed by atoms with E-state index in [9.17, 15) is 18.0 Å². The average molecular weight is 612 g/mol. The second kappa shape index (κ2) is 11.4. The number of aromatic nitrogens is 3. The summed E-state index contributed by atoms with van der Waals surface area (Å²) in [4.78, 5) is 16.5. The van der Waals surface area contributed by atoms with Crippen LogP contribution in [-0.2, 0) is 21.5 Å². The smallest absolute Gasteiger partial charge is 0.465 e. The van der Waals surface area contributed by atoms with Crippen LogP contribution < -0.4 is 4.74 Å². The molecular weight excluding hydrogens is 579 g/mol. The summed E-state index contributed by atoms with van der Waals surface area (Å²) in [6.07, 6.45) is -0.151. The summed E-state index contributed by atoms with van der Waals surface area (Å²) in [5, 5.41) is 8.38. The zero-order valence-corrected chi connectivity index (χ0v) is 24.6. The summed E-state index contributed by atoms with van der Waals surface area (Å²) < 4.78 is 66.5. The van der Waals surface area contributed by atoms with Crippen LogP contribution in [0.15, 0.2) is 57.6 Å². The van der Waals surface area contributed by atoms with Crippen LogP contribution in [0.3, 0.4) is 0 Å². The third-order valence-electron chi connectivity index (χ3n) is 8.85. The monoisotopic (exact) mass is 611 g/mol. The number of ether oxygens (including phenoxy) is 3. The molecule has 7 rings (SSSR count). The molecule has 0 unspecified atom stereocenters. The van der Waals surface area contributed by atoms with Crippen molar-refractivity contribution < 1.29 is 41.2 Å². The van der Waals surface area contributed by atoms with Gasteiger partial charge in [0, 0.05) is 22.6 Å². The Balaban J connectivity index is 1.17. The van der Waals surface area contributed by atoms with Gasteiger partial charge in [0.05, 0.1) is 30.3 Å². The summed E-state index contributed by atoms with van der Waals surface area (Å²) in [5.41, 5.74) is 1.63. The minimum absolute atomic E-state index is 0.0585. The molecule has 232 valence electrons. The quantitative estimate of drug-likeness (QED) is 0.175. The Morgan fingerprint density at radius 1 is 0.955 bits per heavy atom. The lowest BCUT2D eigenvalue weighted by Crippen LogP contribution is -2.49. The standard InChI is InChI=1S/C32H32F3N3O6/c1-19(2)26-23(25(37-43-26)22-6-4-5-7-24(22)42-32(33,34)35)18-41-31-15-12-30(13-16-31,14-17-31)29-36-27(38-44-29)20-8-10-21(11-9-20)28(39)40-3/h4-11,19H,12-18H2,1-3H3. The predicted molar refractivity (Wildman–Crippen MR) is 151 cm³/mol. The van der Waals surface area contributed by atoms with Crippen LogP contribution in [0, 0.1) is 0 Å².